The Hall–Kier alpha value is -4.13. The smallest absolute Gasteiger partial charge is 0.295 e. The number of aromatic nitrogens is 1. The molecule has 1 aliphatic rings. The van der Waals surface area contributed by atoms with E-state index in [1.165, 1.54) is 4.90 Å². The number of likely N-dealkylation sites (tertiary alicyclic amines) is 1. The summed E-state index contributed by atoms with van der Waals surface area (Å²) in [5.74, 6) is -0.275. The van der Waals surface area contributed by atoms with Crippen molar-refractivity contribution in [2.75, 3.05) is 13.7 Å². The highest BCUT2D eigenvalue weighted by molar-refractivity contribution is 6.46. The number of pyridine rings is 1. The van der Waals surface area contributed by atoms with Gasteiger partial charge in [0.2, 0.25) is 0 Å². The van der Waals surface area contributed by atoms with Crippen LogP contribution in [0.4, 0.5) is 0 Å². The quantitative estimate of drug-likeness (QED) is 0.182. The molecule has 0 radical (unpaired) electrons. The molecule has 3 aromatic rings. The minimum absolute atomic E-state index is 0.0470. The average Bonchev–Trinajstić information content (AvgIpc) is 3.16. The molecule has 1 atom stereocenters. The fourth-order valence-corrected chi connectivity index (χ4v) is 4.31. The predicted molar refractivity (Wildman–Crippen MR) is 137 cm³/mol. The number of carbonyl (C=O) groups is 2. The summed E-state index contributed by atoms with van der Waals surface area (Å²) >= 11 is 0. The number of nitrogens with zero attached hydrogens (tertiary/aromatic N) is 2. The zero-order valence-electron chi connectivity index (χ0n) is 20.5. The number of hydrogen-bond donors (Lipinski definition) is 1. The molecule has 36 heavy (non-hydrogen) atoms. The van der Waals surface area contributed by atoms with Crippen molar-refractivity contribution in [2.24, 2.45) is 0 Å². The number of methoxy groups -OCH3 is 1. The monoisotopic (exact) mass is 486 g/mol. The van der Waals surface area contributed by atoms with Crippen molar-refractivity contribution in [2.45, 2.75) is 38.8 Å². The van der Waals surface area contributed by atoms with Gasteiger partial charge < -0.3 is 19.5 Å². The third-order valence-electron chi connectivity index (χ3n) is 6.19. The molecule has 1 aromatic heterocycles. The molecule has 2 heterocycles. The Bertz CT molecular complexity index is 1240. The topological polar surface area (TPSA) is 89.0 Å². The summed E-state index contributed by atoms with van der Waals surface area (Å²) in [6, 6.07) is 17.0. The van der Waals surface area contributed by atoms with Crippen LogP contribution in [-0.4, -0.2) is 40.4 Å². The summed E-state index contributed by atoms with van der Waals surface area (Å²) in [4.78, 5) is 31.9. The van der Waals surface area contributed by atoms with E-state index in [0.717, 1.165) is 24.8 Å². The first kappa shape index (κ1) is 25.0. The van der Waals surface area contributed by atoms with Crippen LogP contribution in [-0.2, 0) is 16.1 Å². The summed E-state index contributed by atoms with van der Waals surface area (Å²) < 4.78 is 11.1. The fraction of sp³-hybridized carbons (Fsp3) is 0.276. The van der Waals surface area contributed by atoms with Crippen molar-refractivity contribution >= 4 is 17.4 Å². The Kier molecular flexibility index (Phi) is 8.00. The molecule has 1 fully saturated rings. The maximum atomic E-state index is 13.2. The number of unbranched alkanes of at least 4 members (excludes halogenated alkanes) is 2. The van der Waals surface area contributed by atoms with Crippen LogP contribution in [0, 0.1) is 0 Å². The third kappa shape index (κ3) is 5.40. The van der Waals surface area contributed by atoms with Crippen molar-refractivity contribution in [3.05, 3.63) is 95.3 Å². The lowest BCUT2D eigenvalue weighted by atomic mass is 9.96. The molecule has 4 rings (SSSR count). The fourth-order valence-electron chi connectivity index (χ4n) is 4.31. The van der Waals surface area contributed by atoms with Crippen molar-refractivity contribution in [1.82, 2.24) is 9.88 Å². The minimum Gasteiger partial charge on any atom is -0.507 e. The van der Waals surface area contributed by atoms with Crippen molar-refractivity contribution < 1.29 is 24.2 Å². The van der Waals surface area contributed by atoms with E-state index in [1.807, 2.05) is 24.3 Å². The zero-order valence-corrected chi connectivity index (χ0v) is 20.5. The van der Waals surface area contributed by atoms with Gasteiger partial charge in [0.25, 0.3) is 11.7 Å². The Labute approximate surface area is 211 Å². The number of ether oxygens (including phenoxy) is 2. The Morgan fingerprint density at radius 1 is 1.00 bits per heavy atom. The minimum atomic E-state index is -0.760. The van der Waals surface area contributed by atoms with Crippen LogP contribution < -0.4 is 9.47 Å². The summed E-state index contributed by atoms with van der Waals surface area (Å²) in [7, 11) is 1.57. The van der Waals surface area contributed by atoms with Gasteiger partial charge in [0.15, 0.2) is 0 Å². The van der Waals surface area contributed by atoms with E-state index in [1.54, 1.807) is 55.9 Å². The largest absolute Gasteiger partial charge is 0.507 e. The van der Waals surface area contributed by atoms with Gasteiger partial charge >= 0.3 is 0 Å². The lowest BCUT2D eigenvalue weighted by Crippen LogP contribution is -2.29. The summed E-state index contributed by atoms with van der Waals surface area (Å²) in [5.41, 5.74) is 1.98. The molecular weight excluding hydrogens is 456 g/mol. The lowest BCUT2D eigenvalue weighted by Gasteiger charge is -2.25. The molecule has 2 aromatic carbocycles. The van der Waals surface area contributed by atoms with E-state index < -0.39 is 17.7 Å². The Morgan fingerprint density at radius 3 is 2.44 bits per heavy atom. The molecule has 7 nitrogen and oxygen atoms in total. The molecule has 1 unspecified atom stereocenters. The van der Waals surface area contributed by atoms with Gasteiger partial charge in [-0.2, -0.15) is 0 Å². The van der Waals surface area contributed by atoms with Gasteiger partial charge in [-0.05, 0) is 66.1 Å². The second-order valence-corrected chi connectivity index (χ2v) is 8.64. The van der Waals surface area contributed by atoms with Crippen molar-refractivity contribution in [3.8, 4) is 11.5 Å². The van der Waals surface area contributed by atoms with E-state index in [4.69, 9.17) is 9.47 Å². The molecule has 1 aliphatic heterocycles. The van der Waals surface area contributed by atoms with Crippen molar-refractivity contribution in [3.63, 3.8) is 0 Å². The molecule has 186 valence electrons. The second-order valence-electron chi connectivity index (χ2n) is 8.64. The van der Waals surface area contributed by atoms with Crippen LogP contribution >= 0.6 is 0 Å². The normalized spacial score (nSPS) is 16.8. The van der Waals surface area contributed by atoms with Gasteiger partial charge in [0.05, 0.1) is 25.3 Å². The molecule has 0 aliphatic carbocycles. The summed E-state index contributed by atoms with van der Waals surface area (Å²) in [6.45, 7) is 2.93. The van der Waals surface area contributed by atoms with E-state index in [9.17, 15) is 14.7 Å². The Morgan fingerprint density at radius 2 is 1.75 bits per heavy atom. The third-order valence-corrected chi connectivity index (χ3v) is 6.19. The number of amides is 1. The number of ketones is 1. The number of rotatable bonds is 10. The van der Waals surface area contributed by atoms with E-state index >= 15 is 0 Å². The molecule has 0 spiro atoms. The highest BCUT2D eigenvalue weighted by Gasteiger charge is 2.46. The van der Waals surface area contributed by atoms with E-state index in [0.29, 0.717) is 29.2 Å². The van der Waals surface area contributed by atoms with Crippen LogP contribution in [0.3, 0.4) is 0 Å². The highest BCUT2D eigenvalue weighted by Crippen LogP contribution is 2.40. The number of benzene rings is 2. The van der Waals surface area contributed by atoms with Gasteiger partial charge in [-0.3, -0.25) is 14.6 Å². The number of hydrogen-bond acceptors (Lipinski definition) is 6. The first-order valence-electron chi connectivity index (χ1n) is 12.1. The second kappa shape index (κ2) is 11.5. The summed E-state index contributed by atoms with van der Waals surface area (Å²) in [5, 5.41) is 11.2. The van der Waals surface area contributed by atoms with E-state index in [-0.39, 0.29) is 17.9 Å². The zero-order chi connectivity index (χ0) is 25.5. The Balaban J connectivity index is 1.68. The number of carbonyl (C=O) groups excluding carboxylic acids is 2. The molecule has 1 saturated heterocycles. The lowest BCUT2D eigenvalue weighted by molar-refractivity contribution is -0.140. The van der Waals surface area contributed by atoms with Crippen LogP contribution in [0.25, 0.3) is 5.76 Å². The van der Waals surface area contributed by atoms with Crippen LogP contribution in [0.15, 0.2) is 78.6 Å². The summed E-state index contributed by atoms with van der Waals surface area (Å²) in [6.07, 6.45) is 6.39. The van der Waals surface area contributed by atoms with Crippen LogP contribution in [0.5, 0.6) is 11.5 Å². The number of Topliss-reactive ketones (excluding diaryl/α,β-unsaturated/α-hetero) is 1. The molecular formula is C29H30N2O5. The van der Waals surface area contributed by atoms with Gasteiger partial charge in [-0.15, -0.1) is 0 Å². The SMILES string of the molecule is CCCCCOc1ccc(/C(O)=C2/C(=O)C(=O)N(Cc3cccc(OC)c3)C2c2ccncc2)cc1. The first-order chi connectivity index (χ1) is 17.5. The molecule has 1 amide bonds. The van der Waals surface area contributed by atoms with Crippen LogP contribution in [0.2, 0.25) is 0 Å². The number of aliphatic hydroxyl groups is 1. The number of aliphatic hydroxyl groups excluding tert-OH is 1. The van der Waals surface area contributed by atoms with E-state index in [2.05, 4.69) is 11.9 Å². The van der Waals surface area contributed by atoms with Gasteiger partial charge in [-0.25, -0.2) is 0 Å². The standard InChI is InChI=1S/C29H30N2O5/c1-3-4-5-17-36-23-11-9-22(10-12-23)27(32)25-26(21-13-15-30-16-14-21)31(29(34)28(25)33)19-20-7-6-8-24(18-20)35-2/h6-16,18,26,32H,3-5,17,19H2,1-2H3/b27-25-. The van der Waals surface area contributed by atoms with Gasteiger partial charge in [0.1, 0.15) is 17.3 Å². The van der Waals surface area contributed by atoms with Crippen molar-refractivity contribution in [1.29, 1.82) is 0 Å². The van der Waals surface area contributed by atoms with Crippen LogP contribution in [0.1, 0.15) is 48.9 Å². The van der Waals surface area contributed by atoms with Gasteiger partial charge in [-0.1, -0.05) is 31.9 Å². The van der Waals surface area contributed by atoms with Gasteiger partial charge in [0, 0.05) is 24.5 Å². The first-order valence-corrected chi connectivity index (χ1v) is 12.1. The molecule has 0 bridgehead atoms. The average molecular weight is 487 g/mol. The molecule has 7 heteroatoms. The predicted octanol–water partition coefficient (Wildman–Crippen LogP) is 5.28. The highest BCUT2D eigenvalue weighted by atomic mass is 16.5. The molecule has 0 saturated carbocycles. The molecule has 1 N–H and O–H groups in total. The maximum absolute atomic E-state index is 13.2. The maximum Gasteiger partial charge on any atom is 0.295 e.